The molecule has 0 aromatic heterocycles. The summed E-state index contributed by atoms with van der Waals surface area (Å²) in [5, 5.41) is 113. The van der Waals surface area contributed by atoms with Gasteiger partial charge in [-0.2, -0.15) is 0 Å². The van der Waals surface area contributed by atoms with Crippen molar-refractivity contribution in [2.24, 2.45) is 0 Å². The Morgan fingerprint density at radius 1 is 0.534 bits per heavy atom. The quantitative estimate of drug-likeness (QED) is 0.156. The first-order valence-electron chi connectivity index (χ1n) is 19.0. The van der Waals surface area contributed by atoms with Crippen LogP contribution >= 0.6 is 0 Å². The van der Waals surface area contributed by atoms with Crippen molar-refractivity contribution in [1.82, 2.24) is 0 Å². The van der Waals surface area contributed by atoms with E-state index in [2.05, 4.69) is 21.3 Å². The molecule has 7 atom stereocenters. The first-order chi connectivity index (χ1) is 26.0. The molecule has 4 aliphatic rings. The van der Waals surface area contributed by atoms with Crippen LogP contribution in [0.5, 0.6) is 0 Å². The van der Waals surface area contributed by atoms with E-state index in [0.717, 1.165) is 73.0 Å². The molecule has 3 fully saturated rings. The number of nitrogens with zero attached hydrogens (tertiary/aromatic N) is 4. The molecule has 16 nitrogen and oxygen atoms in total. The number of hydrogen-bond donors (Lipinski definition) is 12. The SMILES string of the molecule is CC(O)CC(C)O.CC(O)CC(C)O.CO.CO.CO.CO.OCC1=CC=CC[N-]1.OCC1CCCC[N-]1.OCC1CCCC[N-]1.OCC1CCCC[N-]1.[Mn+2].[Mn+3].[Mn].[Mn]. The van der Waals surface area contributed by atoms with Gasteiger partial charge in [0, 0.05) is 89.0 Å². The van der Waals surface area contributed by atoms with Crippen LogP contribution in [0.2, 0.25) is 0 Å². The number of allylic oxidation sites excluding steroid dienone is 2. The van der Waals surface area contributed by atoms with Gasteiger partial charge in [0.2, 0.25) is 0 Å². The average Bonchev–Trinajstić information content (AvgIpc) is 3.22. The summed E-state index contributed by atoms with van der Waals surface area (Å²) >= 11 is 0. The second-order valence-corrected chi connectivity index (χ2v) is 12.2. The van der Waals surface area contributed by atoms with E-state index < -0.39 is 0 Å². The van der Waals surface area contributed by atoms with Crippen molar-refractivity contribution >= 4 is 0 Å². The fourth-order valence-corrected chi connectivity index (χ4v) is 4.57. The zero-order chi connectivity index (χ0) is 43.0. The second kappa shape index (κ2) is 72.2. The molecule has 0 aliphatic carbocycles. The Hall–Kier alpha value is 0.758. The van der Waals surface area contributed by atoms with Gasteiger partial charge in [-0.3, -0.25) is 0 Å². The zero-order valence-electron chi connectivity index (χ0n) is 36.4. The van der Waals surface area contributed by atoms with E-state index >= 15 is 0 Å². The maximum Gasteiger partial charge on any atom is 3.00 e. The summed E-state index contributed by atoms with van der Waals surface area (Å²) in [5.74, 6) is 0. The van der Waals surface area contributed by atoms with Gasteiger partial charge in [-0.05, 0) is 40.5 Å². The molecule has 4 heterocycles. The summed E-state index contributed by atoms with van der Waals surface area (Å²) in [7, 11) is 4.00. The molecule has 0 saturated carbocycles. The van der Waals surface area contributed by atoms with Crippen LogP contribution in [0, 0.1) is 0 Å². The fourth-order valence-electron chi connectivity index (χ4n) is 4.57. The summed E-state index contributed by atoms with van der Waals surface area (Å²) in [4.78, 5) is 0. The van der Waals surface area contributed by atoms with Crippen molar-refractivity contribution < 1.29 is 130 Å². The number of aliphatic hydroxyl groups excluding tert-OH is 12. The molecule has 0 aromatic rings. The number of aliphatic hydroxyl groups is 12. The maximum atomic E-state index is 8.60. The van der Waals surface area contributed by atoms with Gasteiger partial charge < -0.3 is 82.5 Å². The zero-order valence-corrected chi connectivity index (χ0v) is 41.1. The number of hydrogen-bond acceptors (Lipinski definition) is 12. The van der Waals surface area contributed by atoms with Crippen LogP contribution in [0.3, 0.4) is 0 Å². The average molecular weight is 1010 g/mol. The summed E-state index contributed by atoms with van der Waals surface area (Å²) in [6.45, 7) is 11.1. The monoisotopic (exact) mass is 1010 g/mol. The van der Waals surface area contributed by atoms with E-state index in [1.807, 2.05) is 18.2 Å². The molecule has 355 valence electrons. The minimum Gasteiger partial charge on any atom is -0.683 e. The van der Waals surface area contributed by atoms with Gasteiger partial charge in [-0.25, -0.2) is 0 Å². The van der Waals surface area contributed by atoms with Crippen molar-refractivity contribution in [3.05, 3.63) is 45.2 Å². The Kier molecular flexibility index (Phi) is 103. The van der Waals surface area contributed by atoms with Gasteiger partial charge >= 0.3 is 34.1 Å². The Bertz CT molecular complexity index is 641. The second-order valence-electron chi connectivity index (χ2n) is 12.2. The Morgan fingerprint density at radius 3 is 0.914 bits per heavy atom. The molecule has 4 aliphatic heterocycles. The summed E-state index contributed by atoms with van der Waals surface area (Å²) in [6, 6.07) is 0.802. The van der Waals surface area contributed by atoms with Crippen molar-refractivity contribution in [2.45, 2.75) is 141 Å². The van der Waals surface area contributed by atoms with Gasteiger partial charge in [0.25, 0.3) is 0 Å². The van der Waals surface area contributed by atoms with E-state index in [-0.39, 0.29) is 137 Å². The smallest absolute Gasteiger partial charge is 0.683 e. The standard InChI is InChI=1S/3C6H12NO.C6H8NO.2C5H12O2.4CH4O.4Mn/c4*8-5-6-3-1-2-4-7-6;2*1-4(6)3-5(2)7;4*1-2;;;;/h3*6,8H,1-5H2;1-3,8H,4-5H2;2*4-7H,3H2,1-2H3;4*2H,1H3;;;;/q4*-1;;;;;;;;;+2;+3. The van der Waals surface area contributed by atoms with Gasteiger partial charge in [-0.15, -0.1) is 56.1 Å². The molecule has 4 rings (SSSR count). The van der Waals surface area contributed by atoms with Crippen LogP contribution in [-0.4, -0.2) is 185 Å². The van der Waals surface area contributed by atoms with Crippen LogP contribution < -0.4 is 0 Å². The van der Waals surface area contributed by atoms with Gasteiger partial charge in [-0.1, -0.05) is 69.9 Å². The molecule has 12 N–H and O–H groups in total. The summed E-state index contributed by atoms with van der Waals surface area (Å²) in [5.41, 5.74) is 0.771. The molecule has 0 amide bonds. The minimum atomic E-state index is -0.375. The van der Waals surface area contributed by atoms with Gasteiger partial charge in [0.05, 0.1) is 24.4 Å². The number of piperidine rings is 3. The molecular weight excluding hydrogens is 924 g/mol. The van der Waals surface area contributed by atoms with Crippen LogP contribution in [0.15, 0.2) is 23.9 Å². The van der Waals surface area contributed by atoms with Crippen molar-refractivity contribution in [3.63, 3.8) is 0 Å². The van der Waals surface area contributed by atoms with Crippen molar-refractivity contribution in [3.8, 4) is 0 Å². The molecule has 3 radical (unpaired) electrons. The normalized spacial score (nSPS) is 19.9. The maximum absolute atomic E-state index is 8.60. The number of rotatable bonds is 8. The van der Waals surface area contributed by atoms with Crippen LogP contribution in [0.25, 0.3) is 21.3 Å². The molecule has 20 heteroatoms. The first-order valence-corrected chi connectivity index (χ1v) is 19.0. The van der Waals surface area contributed by atoms with Crippen LogP contribution in [0.1, 0.15) is 98.3 Å². The van der Waals surface area contributed by atoms with Gasteiger partial charge in [0.1, 0.15) is 0 Å². The summed E-state index contributed by atoms with van der Waals surface area (Å²) < 4.78 is 0. The third-order valence-corrected chi connectivity index (χ3v) is 6.98. The molecule has 0 aromatic carbocycles. The molecule has 58 heavy (non-hydrogen) atoms. The first kappa shape index (κ1) is 82.5. The van der Waals surface area contributed by atoms with E-state index in [1.54, 1.807) is 27.7 Å². The Balaban J connectivity index is -0.0000000568. The molecular formula is C38H84Mn4N4O12+. The molecule has 0 bridgehead atoms. The third kappa shape index (κ3) is 74.2. The summed E-state index contributed by atoms with van der Waals surface area (Å²) in [6.07, 6.45) is 15.8. The van der Waals surface area contributed by atoms with E-state index in [9.17, 15) is 0 Å². The topological polar surface area (TPSA) is 299 Å². The van der Waals surface area contributed by atoms with Crippen molar-refractivity contribution in [1.29, 1.82) is 0 Å². The van der Waals surface area contributed by atoms with Crippen molar-refractivity contribution in [2.75, 3.05) is 81.0 Å². The Morgan fingerprint density at radius 2 is 0.810 bits per heavy atom. The Labute approximate surface area is 394 Å². The molecule has 0 spiro atoms. The van der Waals surface area contributed by atoms with Crippen LogP contribution in [-0.2, 0) is 68.3 Å². The minimum absolute atomic E-state index is 0. The van der Waals surface area contributed by atoms with E-state index in [1.165, 1.54) is 38.5 Å². The fraction of sp³-hybridized carbons (Fsp3) is 0.895. The molecule has 3 saturated heterocycles. The molecule has 7 unspecified atom stereocenters. The van der Waals surface area contributed by atoms with E-state index in [0.29, 0.717) is 19.4 Å². The predicted molar refractivity (Wildman–Crippen MR) is 220 cm³/mol. The van der Waals surface area contributed by atoms with Crippen LogP contribution in [0.4, 0.5) is 0 Å². The van der Waals surface area contributed by atoms with Gasteiger partial charge in [0.15, 0.2) is 0 Å². The third-order valence-electron chi connectivity index (χ3n) is 6.98. The van der Waals surface area contributed by atoms with E-state index in [4.69, 9.17) is 61.3 Å². The largest absolute Gasteiger partial charge is 3.00 e. The predicted octanol–water partition coefficient (Wildman–Crippen LogP) is 2.22.